The number of hydrogen-bond donors (Lipinski definition) is 1. The number of rotatable bonds is 17. The zero-order chi connectivity index (χ0) is 18.9. The topological polar surface area (TPSA) is 66.4 Å². The first-order chi connectivity index (χ1) is 12.8. The largest absolute Gasteiger partial charge is 0.502 e. The monoisotopic (exact) mass is 368 g/mol. The van der Waals surface area contributed by atoms with E-state index in [1.165, 1.54) is 6.26 Å². The Bertz CT molecular complexity index is 439. The van der Waals surface area contributed by atoms with E-state index < -0.39 is 0 Å². The summed E-state index contributed by atoms with van der Waals surface area (Å²) in [7, 11) is 0. The molecule has 0 aromatic heterocycles. The van der Waals surface area contributed by atoms with Crippen LogP contribution in [-0.2, 0) is 18.9 Å². The number of para-hydroxylation sites is 1. The third kappa shape index (κ3) is 11.9. The molecule has 2 unspecified atom stereocenters. The fraction of sp³-hybridized carbons (Fsp3) is 0.600. The Kier molecular flexibility index (Phi) is 13.5. The van der Waals surface area contributed by atoms with Crippen molar-refractivity contribution in [2.24, 2.45) is 0 Å². The second-order valence-corrected chi connectivity index (χ2v) is 5.81. The van der Waals surface area contributed by atoms with Crippen LogP contribution in [0.3, 0.4) is 0 Å². The fourth-order valence-corrected chi connectivity index (χ4v) is 2.20. The molecule has 148 valence electrons. The van der Waals surface area contributed by atoms with Crippen molar-refractivity contribution in [1.29, 1.82) is 0 Å². The standard InChI is InChI=1S/C20H32O6/c1-3-22-12-7-8-13-23-15-18(2)26-20(16-24-14-11-21)17-25-19-9-5-4-6-10-19/h3-6,9-10,18,20-21H,1,7-8,11-17H2,2H3. The van der Waals surface area contributed by atoms with E-state index in [4.69, 9.17) is 28.8 Å². The van der Waals surface area contributed by atoms with Gasteiger partial charge in [0.2, 0.25) is 0 Å². The maximum Gasteiger partial charge on any atom is 0.119 e. The number of hydrogen-bond acceptors (Lipinski definition) is 6. The van der Waals surface area contributed by atoms with E-state index in [0.29, 0.717) is 33.0 Å². The molecule has 0 fully saturated rings. The summed E-state index contributed by atoms with van der Waals surface area (Å²) in [5.41, 5.74) is 0. The van der Waals surface area contributed by atoms with E-state index in [9.17, 15) is 0 Å². The molecule has 1 aromatic carbocycles. The molecule has 1 rings (SSSR count). The van der Waals surface area contributed by atoms with Gasteiger partial charge in [-0.2, -0.15) is 0 Å². The highest BCUT2D eigenvalue weighted by molar-refractivity contribution is 5.20. The van der Waals surface area contributed by atoms with E-state index in [2.05, 4.69) is 6.58 Å². The van der Waals surface area contributed by atoms with Crippen LogP contribution in [0.4, 0.5) is 0 Å². The summed E-state index contributed by atoms with van der Waals surface area (Å²) in [4.78, 5) is 0. The second-order valence-electron chi connectivity index (χ2n) is 5.81. The lowest BCUT2D eigenvalue weighted by Crippen LogP contribution is -2.33. The Morgan fingerprint density at radius 3 is 2.46 bits per heavy atom. The number of benzene rings is 1. The maximum absolute atomic E-state index is 8.86. The second kappa shape index (κ2) is 15.6. The van der Waals surface area contributed by atoms with Crippen molar-refractivity contribution in [3.63, 3.8) is 0 Å². The van der Waals surface area contributed by atoms with Crippen LogP contribution < -0.4 is 4.74 Å². The van der Waals surface area contributed by atoms with Crippen LogP contribution in [0.2, 0.25) is 0 Å². The van der Waals surface area contributed by atoms with E-state index in [-0.39, 0.29) is 25.4 Å². The average molecular weight is 368 g/mol. The lowest BCUT2D eigenvalue weighted by molar-refractivity contribution is -0.0935. The van der Waals surface area contributed by atoms with Gasteiger partial charge in [0.15, 0.2) is 0 Å². The smallest absolute Gasteiger partial charge is 0.119 e. The molecule has 0 amide bonds. The van der Waals surface area contributed by atoms with Crippen molar-refractivity contribution >= 4 is 0 Å². The Labute approximate surface area is 156 Å². The molecule has 6 nitrogen and oxygen atoms in total. The van der Waals surface area contributed by atoms with Gasteiger partial charge in [0.25, 0.3) is 0 Å². The number of aliphatic hydroxyl groups excluding tert-OH is 1. The third-order valence-electron chi connectivity index (χ3n) is 3.41. The third-order valence-corrected chi connectivity index (χ3v) is 3.41. The molecule has 26 heavy (non-hydrogen) atoms. The van der Waals surface area contributed by atoms with Crippen LogP contribution in [0, 0.1) is 0 Å². The number of aliphatic hydroxyl groups is 1. The first-order valence-corrected chi connectivity index (χ1v) is 9.08. The highest BCUT2D eigenvalue weighted by atomic mass is 16.6. The van der Waals surface area contributed by atoms with Gasteiger partial charge < -0.3 is 28.8 Å². The van der Waals surface area contributed by atoms with Gasteiger partial charge in [-0.25, -0.2) is 0 Å². The Hall–Kier alpha value is -1.60. The molecule has 0 saturated carbocycles. The number of unbranched alkanes of at least 4 members (excludes halogenated alkanes) is 1. The van der Waals surface area contributed by atoms with Crippen LogP contribution in [0.25, 0.3) is 0 Å². The minimum atomic E-state index is -0.235. The van der Waals surface area contributed by atoms with Gasteiger partial charge in [0, 0.05) is 6.61 Å². The molecule has 1 aromatic rings. The lowest BCUT2D eigenvalue weighted by atomic mass is 10.3. The van der Waals surface area contributed by atoms with E-state index in [1.807, 2.05) is 37.3 Å². The Morgan fingerprint density at radius 1 is 1.00 bits per heavy atom. The highest BCUT2D eigenvalue weighted by Crippen LogP contribution is 2.10. The summed E-state index contributed by atoms with van der Waals surface area (Å²) in [6.07, 6.45) is 3.00. The molecule has 0 spiro atoms. The summed E-state index contributed by atoms with van der Waals surface area (Å²) in [5.74, 6) is 0.786. The predicted octanol–water partition coefficient (Wildman–Crippen LogP) is 2.80. The van der Waals surface area contributed by atoms with E-state index in [1.54, 1.807) is 0 Å². The normalized spacial score (nSPS) is 13.2. The summed E-state index contributed by atoms with van der Waals surface area (Å²) in [5, 5.41) is 8.86. The molecular weight excluding hydrogens is 336 g/mol. The minimum absolute atomic E-state index is 0.0134. The van der Waals surface area contributed by atoms with Crippen molar-refractivity contribution in [2.75, 3.05) is 46.2 Å². The molecule has 0 bridgehead atoms. The van der Waals surface area contributed by atoms with Gasteiger partial charge in [-0.3, -0.25) is 0 Å². The van der Waals surface area contributed by atoms with Gasteiger partial charge in [0.05, 0.1) is 45.4 Å². The van der Waals surface area contributed by atoms with Crippen molar-refractivity contribution in [1.82, 2.24) is 0 Å². The van der Waals surface area contributed by atoms with Crippen LogP contribution in [0.15, 0.2) is 43.2 Å². The minimum Gasteiger partial charge on any atom is -0.502 e. The summed E-state index contributed by atoms with van der Waals surface area (Å²) in [6, 6.07) is 9.57. The quantitative estimate of drug-likeness (QED) is 0.337. The maximum atomic E-state index is 8.86. The molecule has 0 aliphatic heterocycles. The van der Waals surface area contributed by atoms with Gasteiger partial charge in [-0.1, -0.05) is 24.8 Å². The fourth-order valence-electron chi connectivity index (χ4n) is 2.20. The van der Waals surface area contributed by atoms with Crippen LogP contribution in [0.1, 0.15) is 19.8 Å². The van der Waals surface area contributed by atoms with Crippen molar-refractivity contribution in [3.05, 3.63) is 43.2 Å². The SMILES string of the molecule is C=COCCCCOCC(C)OC(COCCO)COc1ccccc1. The first kappa shape index (κ1) is 22.4. The zero-order valence-electron chi connectivity index (χ0n) is 15.7. The molecule has 1 N–H and O–H groups in total. The molecule has 0 heterocycles. The average Bonchev–Trinajstić information content (AvgIpc) is 2.66. The van der Waals surface area contributed by atoms with Crippen LogP contribution >= 0.6 is 0 Å². The van der Waals surface area contributed by atoms with Crippen molar-refractivity contribution < 1.29 is 28.8 Å². The zero-order valence-corrected chi connectivity index (χ0v) is 15.7. The Morgan fingerprint density at radius 2 is 1.73 bits per heavy atom. The molecular formula is C20H32O6. The predicted molar refractivity (Wildman–Crippen MR) is 100 cm³/mol. The Balaban J connectivity index is 2.25. The van der Waals surface area contributed by atoms with E-state index >= 15 is 0 Å². The summed E-state index contributed by atoms with van der Waals surface area (Å²) >= 11 is 0. The number of ether oxygens (including phenoxy) is 5. The van der Waals surface area contributed by atoms with Gasteiger partial charge >= 0.3 is 0 Å². The van der Waals surface area contributed by atoms with Crippen molar-refractivity contribution in [2.45, 2.75) is 32.0 Å². The molecule has 0 saturated heterocycles. The highest BCUT2D eigenvalue weighted by Gasteiger charge is 2.15. The van der Waals surface area contributed by atoms with Gasteiger partial charge in [-0.15, -0.1) is 0 Å². The molecule has 2 atom stereocenters. The molecule has 6 heteroatoms. The van der Waals surface area contributed by atoms with Gasteiger partial charge in [-0.05, 0) is 31.9 Å². The molecule has 0 radical (unpaired) electrons. The van der Waals surface area contributed by atoms with Crippen LogP contribution in [0.5, 0.6) is 5.75 Å². The molecule has 0 aliphatic carbocycles. The lowest BCUT2D eigenvalue weighted by Gasteiger charge is -2.23. The van der Waals surface area contributed by atoms with Gasteiger partial charge in [0.1, 0.15) is 18.5 Å². The van der Waals surface area contributed by atoms with Crippen LogP contribution in [-0.4, -0.2) is 63.6 Å². The summed E-state index contributed by atoms with van der Waals surface area (Å²) < 4.78 is 27.8. The first-order valence-electron chi connectivity index (χ1n) is 9.08. The molecule has 0 aliphatic rings. The van der Waals surface area contributed by atoms with Crippen molar-refractivity contribution in [3.8, 4) is 5.75 Å². The van der Waals surface area contributed by atoms with E-state index in [0.717, 1.165) is 18.6 Å². The summed E-state index contributed by atoms with van der Waals surface area (Å²) in [6.45, 7) is 8.30.